The van der Waals surface area contributed by atoms with E-state index in [1.54, 1.807) is 0 Å². The lowest BCUT2D eigenvalue weighted by molar-refractivity contribution is 0.151. The maximum absolute atomic E-state index is 14.0. The lowest BCUT2D eigenvalue weighted by atomic mass is 9.81. The van der Waals surface area contributed by atoms with Crippen molar-refractivity contribution in [2.45, 2.75) is 31.9 Å². The van der Waals surface area contributed by atoms with Crippen molar-refractivity contribution < 1.29 is 4.39 Å². The summed E-state index contributed by atoms with van der Waals surface area (Å²) in [7, 11) is 0. The fourth-order valence-corrected chi connectivity index (χ4v) is 2.13. The van der Waals surface area contributed by atoms with Crippen LogP contribution in [0.5, 0.6) is 0 Å². The van der Waals surface area contributed by atoms with Crippen LogP contribution in [0.4, 0.5) is 4.39 Å². The van der Waals surface area contributed by atoms with Crippen molar-refractivity contribution in [1.82, 2.24) is 0 Å². The molecular formula is C12H16FN. The van der Waals surface area contributed by atoms with Gasteiger partial charge in [-0.15, -0.1) is 0 Å². The van der Waals surface area contributed by atoms with Gasteiger partial charge in [0, 0.05) is 13.0 Å². The predicted molar refractivity (Wildman–Crippen MR) is 56.1 cm³/mol. The minimum absolute atomic E-state index is 0.139. The largest absolute Gasteiger partial charge is 0.328 e. The highest BCUT2D eigenvalue weighted by atomic mass is 19.1. The summed E-state index contributed by atoms with van der Waals surface area (Å²) >= 11 is 0. The zero-order valence-corrected chi connectivity index (χ0v) is 8.52. The van der Waals surface area contributed by atoms with Crippen molar-refractivity contribution >= 4 is 0 Å². The number of benzene rings is 1. The number of hydrogen-bond donors (Lipinski definition) is 1. The second-order valence-electron chi connectivity index (χ2n) is 4.30. The second-order valence-corrected chi connectivity index (χ2v) is 4.30. The Labute approximate surface area is 84.1 Å². The van der Waals surface area contributed by atoms with E-state index in [0.717, 1.165) is 12.0 Å². The average molecular weight is 193 g/mol. The summed E-state index contributed by atoms with van der Waals surface area (Å²) in [4.78, 5) is 0. The Bertz CT molecular complexity index is 348. The van der Waals surface area contributed by atoms with Crippen molar-refractivity contribution in [2.24, 2.45) is 5.73 Å². The molecule has 0 saturated carbocycles. The standard InChI is InChI=1S/C12H16FN/c1-9-2-3-10-4-5-12(13,8-14)7-11(10)6-9/h2-3,6H,4-5,7-8,14H2,1H3. The van der Waals surface area contributed by atoms with Gasteiger partial charge >= 0.3 is 0 Å². The highest BCUT2D eigenvalue weighted by molar-refractivity contribution is 5.35. The maximum Gasteiger partial charge on any atom is 0.127 e. The molecular weight excluding hydrogens is 177 g/mol. The molecule has 1 unspecified atom stereocenters. The number of halogens is 1. The SMILES string of the molecule is Cc1ccc2c(c1)CC(F)(CN)CC2. The molecule has 1 aromatic carbocycles. The van der Waals surface area contributed by atoms with Crippen molar-refractivity contribution in [3.05, 3.63) is 34.9 Å². The molecule has 14 heavy (non-hydrogen) atoms. The molecule has 0 radical (unpaired) electrons. The zero-order valence-electron chi connectivity index (χ0n) is 8.52. The Morgan fingerprint density at radius 3 is 2.93 bits per heavy atom. The first-order valence-electron chi connectivity index (χ1n) is 5.10. The minimum Gasteiger partial charge on any atom is -0.328 e. The van der Waals surface area contributed by atoms with E-state index >= 15 is 0 Å². The van der Waals surface area contributed by atoms with E-state index in [9.17, 15) is 4.39 Å². The van der Waals surface area contributed by atoms with Crippen LogP contribution in [0.3, 0.4) is 0 Å². The summed E-state index contributed by atoms with van der Waals surface area (Å²) in [6, 6.07) is 6.28. The van der Waals surface area contributed by atoms with Crippen molar-refractivity contribution in [3.8, 4) is 0 Å². The number of rotatable bonds is 1. The van der Waals surface area contributed by atoms with Gasteiger partial charge in [0.05, 0.1) is 0 Å². The number of aryl methyl sites for hydroxylation is 2. The van der Waals surface area contributed by atoms with Crippen molar-refractivity contribution in [1.29, 1.82) is 0 Å². The molecule has 1 aromatic rings. The summed E-state index contributed by atoms with van der Waals surface area (Å²) < 4.78 is 14.0. The minimum atomic E-state index is -1.17. The molecule has 2 rings (SSSR count). The highest BCUT2D eigenvalue weighted by Gasteiger charge is 2.32. The van der Waals surface area contributed by atoms with Gasteiger partial charge in [-0.3, -0.25) is 0 Å². The molecule has 0 saturated heterocycles. The molecule has 1 atom stereocenters. The fraction of sp³-hybridized carbons (Fsp3) is 0.500. The summed E-state index contributed by atoms with van der Waals surface area (Å²) in [5, 5.41) is 0. The van der Waals surface area contributed by atoms with E-state index in [0.29, 0.717) is 12.8 Å². The van der Waals surface area contributed by atoms with Gasteiger partial charge in [-0.05, 0) is 30.9 Å². The molecule has 0 spiro atoms. The summed E-state index contributed by atoms with van der Waals surface area (Å²) in [6.45, 7) is 2.18. The third kappa shape index (κ3) is 1.67. The molecule has 0 bridgehead atoms. The fourth-order valence-electron chi connectivity index (χ4n) is 2.13. The van der Waals surface area contributed by atoms with Gasteiger partial charge in [0.2, 0.25) is 0 Å². The summed E-state index contributed by atoms with van der Waals surface area (Å²) in [6.07, 6.45) is 1.88. The monoisotopic (exact) mass is 193 g/mol. The van der Waals surface area contributed by atoms with E-state index < -0.39 is 5.67 Å². The smallest absolute Gasteiger partial charge is 0.127 e. The van der Waals surface area contributed by atoms with Crippen LogP contribution in [0, 0.1) is 6.92 Å². The van der Waals surface area contributed by atoms with E-state index in [2.05, 4.69) is 18.2 Å². The molecule has 0 heterocycles. The van der Waals surface area contributed by atoms with Gasteiger partial charge in [-0.2, -0.15) is 0 Å². The van der Waals surface area contributed by atoms with Crippen molar-refractivity contribution in [2.75, 3.05) is 6.54 Å². The van der Waals surface area contributed by atoms with Crippen LogP contribution in [-0.2, 0) is 12.8 Å². The molecule has 1 aliphatic carbocycles. The van der Waals surface area contributed by atoms with E-state index in [1.165, 1.54) is 11.1 Å². The first-order valence-corrected chi connectivity index (χ1v) is 5.10. The topological polar surface area (TPSA) is 26.0 Å². The normalized spacial score (nSPS) is 25.9. The Kier molecular flexibility index (Phi) is 2.31. The van der Waals surface area contributed by atoms with Crippen LogP contribution in [0.2, 0.25) is 0 Å². The molecule has 2 N–H and O–H groups in total. The zero-order chi connectivity index (χ0) is 10.2. The summed E-state index contributed by atoms with van der Waals surface area (Å²) in [5.41, 5.74) is 7.92. The molecule has 0 fully saturated rings. The van der Waals surface area contributed by atoms with E-state index in [4.69, 9.17) is 5.73 Å². The van der Waals surface area contributed by atoms with Crippen LogP contribution < -0.4 is 5.73 Å². The molecule has 2 heteroatoms. The van der Waals surface area contributed by atoms with E-state index in [-0.39, 0.29) is 6.54 Å². The van der Waals surface area contributed by atoms with Gasteiger partial charge < -0.3 is 5.73 Å². The number of nitrogens with two attached hydrogens (primary N) is 1. The molecule has 0 aliphatic heterocycles. The van der Waals surface area contributed by atoms with Gasteiger partial charge in [0.1, 0.15) is 5.67 Å². The van der Waals surface area contributed by atoms with Crippen molar-refractivity contribution in [3.63, 3.8) is 0 Å². The third-order valence-electron chi connectivity index (χ3n) is 3.08. The van der Waals surface area contributed by atoms with Crippen LogP contribution in [0.15, 0.2) is 18.2 Å². The molecule has 1 nitrogen and oxygen atoms in total. The highest BCUT2D eigenvalue weighted by Crippen LogP contribution is 2.31. The molecule has 1 aliphatic rings. The molecule has 0 amide bonds. The Morgan fingerprint density at radius 1 is 1.43 bits per heavy atom. The number of fused-ring (bicyclic) bond motifs is 1. The van der Waals surface area contributed by atoms with Gasteiger partial charge in [0.25, 0.3) is 0 Å². The lowest BCUT2D eigenvalue weighted by Crippen LogP contribution is -2.38. The predicted octanol–water partition coefficient (Wildman–Crippen LogP) is 2.15. The first kappa shape index (κ1) is 9.66. The van der Waals surface area contributed by atoms with Gasteiger partial charge in [0.15, 0.2) is 0 Å². The summed E-state index contributed by atoms with van der Waals surface area (Å²) in [5.74, 6) is 0. The molecule has 76 valence electrons. The quantitative estimate of drug-likeness (QED) is 0.726. The Balaban J connectivity index is 2.33. The van der Waals surface area contributed by atoms with Crippen LogP contribution in [-0.4, -0.2) is 12.2 Å². The van der Waals surface area contributed by atoms with Gasteiger partial charge in [-0.25, -0.2) is 4.39 Å². The average Bonchev–Trinajstić information content (AvgIpc) is 2.17. The lowest BCUT2D eigenvalue weighted by Gasteiger charge is -2.30. The third-order valence-corrected chi connectivity index (χ3v) is 3.08. The van der Waals surface area contributed by atoms with Crippen LogP contribution >= 0.6 is 0 Å². The Hall–Kier alpha value is -0.890. The second kappa shape index (κ2) is 3.35. The maximum atomic E-state index is 14.0. The molecule has 0 aromatic heterocycles. The number of alkyl halides is 1. The van der Waals surface area contributed by atoms with Crippen LogP contribution in [0.25, 0.3) is 0 Å². The van der Waals surface area contributed by atoms with Crippen LogP contribution in [0.1, 0.15) is 23.1 Å². The Morgan fingerprint density at radius 2 is 2.21 bits per heavy atom. The number of hydrogen-bond acceptors (Lipinski definition) is 1. The first-order chi connectivity index (χ1) is 6.63. The van der Waals surface area contributed by atoms with E-state index in [1.807, 2.05) is 6.92 Å². The van der Waals surface area contributed by atoms with Gasteiger partial charge in [-0.1, -0.05) is 23.8 Å².